The van der Waals surface area contributed by atoms with E-state index in [1.54, 1.807) is 0 Å². The third-order valence-corrected chi connectivity index (χ3v) is 33.4. The average molecular weight is 1820 g/mol. The molecule has 8 aliphatic carbocycles. The van der Waals surface area contributed by atoms with Crippen LogP contribution in [-0.4, -0.2) is 109 Å². The van der Waals surface area contributed by atoms with E-state index in [-0.39, 0.29) is 33.5 Å². The molecule has 16 aromatic rings. The molecule has 0 amide bonds. The van der Waals surface area contributed by atoms with Crippen LogP contribution in [0.15, 0.2) is 206 Å². The quantitative estimate of drug-likeness (QED) is 0.134. The van der Waals surface area contributed by atoms with Crippen LogP contribution < -0.4 is 0 Å². The van der Waals surface area contributed by atoms with Crippen LogP contribution in [0.2, 0.25) is 5.15 Å². The zero-order chi connectivity index (χ0) is 92.2. The van der Waals surface area contributed by atoms with Crippen LogP contribution in [-0.2, 0) is 77.5 Å². The minimum absolute atomic E-state index is 0.0615. The number of hydrogen-bond acceptors (Lipinski definition) is 22. The normalized spacial score (nSPS) is 25.8. The van der Waals surface area contributed by atoms with Crippen molar-refractivity contribution in [3.63, 3.8) is 0 Å². The topological polar surface area (TPSA) is 274 Å². The largest absolute Gasteiger partial charge is 0.460 e. The Bertz CT molecular complexity index is 7350. The van der Waals surface area contributed by atoms with Crippen LogP contribution in [0.1, 0.15) is 199 Å². The zero-order valence-corrected chi connectivity index (χ0v) is 79.1. The van der Waals surface area contributed by atoms with Gasteiger partial charge < -0.3 is 36.7 Å². The van der Waals surface area contributed by atoms with Crippen molar-refractivity contribution in [2.24, 2.45) is 41.4 Å². The fraction of sp³-hybridized carbons (Fsp3) is 0.393. The summed E-state index contributed by atoms with van der Waals surface area (Å²) in [6.07, 6.45) is 23.0. The van der Waals surface area contributed by atoms with E-state index in [0.29, 0.717) is 90.9 Å². The van der Waals surface area contributed by atoms with E-state index in [9.17, 15) is 4.79 Å². The summed E-state index contributed by atoms with van der Waals surface area (Å²) in [5, 5.41) is 8.91. The van der Waals surface area contributed by atoms with Crippen molar-refractivity contribution >= 4 is 61.0 Å². The number of benzene rings is 4. The molecule has 135 heavy (non-hydrogen) atoms. The van der Waals surface area contributed by atoms with E-state index in [4.69, 9.17) is 88.2 Å². The molecule has 26 rings (SSSR count). The number of fused-ring (bicyclic) bond motifs is 17. The number of aromatic nitrogens is 13. The third kappa shape index (κ3) is 14.4. The van der Waals surface area contributed by atoms with Crippen LogP contribution >= 0.6 is 11.6 Å². The van der Waals surface area contributed by atoms with Crippen LogP contribution in [0.25, 0.3) is 124 Å². The number of ketones is 1. The van der Waals surface area contributed by atoms with E-state index in [1.807, 2.05) is 185 Å². The molecule has 22 nitrogen and oxygen atoms in total. The lowest BCUT2D eigenvalue weighted by molar-refractivity contribution is -0.234. The first-order chi connectivity index (χ1) is 65.5. The van der Waals surface area contributed by atoms with Crippen molar-refractivity contribution in [2.45, 2.75) is 212 Å². The number of para-hydroxylation sites is 4. The van der Waals surface area contributed by atoms with Crippen LogP contribution in [0, 0.1) is 62.2 Å². The first-order valence-corrected chi connectivity index (χ1v) is 48.8. The van der Waals surface area contributed by atoms with Gasteiger partial charge in [0, 0.05) is 161 Å². The highest BCUT2D eigenvalue weighted by atomic mass is 35.5. The number of furan rings is 3. The van der Waals surface area contributed by atoms with Gasteiger partial charge in [-0.15, -0.1) is 0 Å². The summed E-state index contributed by atoms with van der Waals surface area (Å²) in [6, 6.07) is 52.7. The number of hydrogen-bond donors (Lipinski definition) is 0. The highest BCUT2D eigenvalue weighted by molar-refractivity contribution is 6.30. The number of ether oxygens (including phenoxy) is 4. The van der Waals surface area contributed by atoms with E-state index < -0.39 is 11.6 Å². The summed E-state index contributed by atoms with van der Waals surface area (Å²) in [6.45, 7) is 27.1. The summed E-state index contributed by atoms with van der Waals surface area (Å²) < 4.78 is 48.8. The molecule has 12 aromatic heterocycles. The lowest BCUT2D eigenvalue weighted by Gasteiger charge is -2.54. The molecule has 2 spiro atoms. The van der Waals surface area contributed by atoms with Crippen molar-refractivity contribution in [3.8, 4) is 79.9 Å². The minimum atomic E-state index is -0.445. The fourth-order valence-corrected chi connectivity index (χ4v) is 26.3. The first-order valence-electron chi connectivity index (χ1n) is 48.4. The van der Waals surface area contributed by atoms with Gasteiger partial charge in [-0.1, -0.05) is 145 Å². The lowest BCUT2D eigenvalue weighted by atomic mass is 9.54. The number of halogens is 1. The number of carbonyl (C=O) groups excluding carboxylic acids is 1. The Labute approximate surface area is 789 Å². The Morgan fingerprint density at radius 1 is 0.356 bits per heavy atom. The van der Waals surface area contributed by atoms with Crippen LogP contribution in [0.5, 0.6) is 0 Å². The Morgan fingerprint density at radius 2 is 0.696 bits per heavy atom. The average Bonchev–Trinajstić information content (AvgIpc) is 1.46. The minimum Gasteiger partial charge on any atom is -0.460 e. The zero-order valence-electron chi connectivity index (χ0n) is 78.3. The summed E-state index contributed by atoms with van der Waals surface area (Å²) in [4.78, 5) is 72.0. The summed E-state index contributed by atoms with van der Waals surface area (Å²) in [5.74, 6) is 10.9. The van der Waals surface area contributed by atoms with Gasteiger partial charge in [-0.05, 0) is 206 Å². The smallest absolute Gasteiger partial charge is 0.171 e. The van der Waals surface area contributed by atoms with Gasteiger partial charge in [0.05, 0.1) is 77.5 Å². The second-order valence-electron chi connectivity index (χ2n) is 40.3. The molecule has 2 saturated heterocycles. The van der Waals surface area contributed by atoms with Gasteiger partial charge in [0.25, 0.3) is 0 Å². The molecule has 0 radical (unpaired) electrons. The van der Waals surface area contributed by atoms with Crippen LogP contribution in [0.3, 0.4) is 0 Å². The molecule has 12 atom stereocenters. The predicted molar refractivity (Wildman–Crippen MR) is 518 cm³/mol. The van der Waals surface area contributed by atoms with Crippen molar-refractivity contribution in [3.05, 3.63) is 267 Å². The molecule has 0 N–H and O–H groups in total. The van der Waals surface area contributed by atoms with E-state index in [0.717, 1.165) is 253 Å². The summed E-state index contributed by atoms with van der Waals surface area (Å²) in [7, 11) is 0. The maximum absolute atomic E-state index is 12.6. The van der Waals surface area contributed by atoms with Gasteiger partial charge in [-0.25, -0.2) is 39.9 Å². The van der Waals surface area contributed by atoms with Gasteiger partial charge >= 0.3 is 0 Å². The van der Waals surface area contributed by atoms with Crippen molar-refractivity contribution in [1.29, 1.82) is 0 Å². The van der Waals surface area contributed by atoms with Crippen LogP contribution in [0.4, 0.5) is 0 Å². The second kappa shape index (κ2) is 33.6. The molecule has 4 aromatic carbocycles. The molecule has 2 aliphatic heterocycles. The number of carbonyl (C=O) groups is 1. The number of Topliss-reactive ketones (excluding diaryl/α,β-unsaturated/α-hetero) is 1. The Hall–Kier alpha value is -12.3. The monoisotopic (exact) mass is 1820 g/mol. The highest BCUT2D eigenvalue weighted by Gasteiger charge is 2.61. The standard InChI is InChI=1S/C30H31N3O3.C29H26N4O2.C28H27N3O2.C25H26ClN3O2/c1-18-8-11-25(36-18)26-22-9-10-23-19(2)30(34-16-17-35-30)14-13-29(23,3)27(22)33-28(32-26)21-12-15-31-24-7-5-4-6-20(21)24;1-16-8-11-24(34-16)25-21-9-10-22-17(2)26-18(15-31-35-26)14-29(22,3)27(21)33-28(32-25)20-12-13-30-23-7-5-4-6-19(20)23;1-16-8-11-24(33-16)25-20-9-10-21-17(2)23(32)12-14-28(21,3)26(20)31-27(30-25)19-13-15-29-22-7-5-4-6-18(19)22;1-15-19-8-7-18-21(24(19,2)10-11-25(15)30-13-14-31-25)28-23(29-22(18)26)17-9-12-27-20-6-4-3-5-16(17)20/h4-8,11-12,15,19,23H,9-10,13-14,16-17H2,1-3H3;4-8,11-13,15,17,22H,9-10,14H2,1-3H3;4-8,11,13,15,17,21H,9-10,12,14H2,1-3H3;3-6,9,12,15,19H,7-8,10-11,13-14H2,1-2H3/t19-,23-,29-;17-,22-,29-;17-,21-,28-;15-,19-,24-/m1111/s1. The SMILES string of the molecule is C[C@@H]1[C@H]2CCc3c(Cl)nc(-c4ccnc5ccccc45)nc3[C@]2(C)CCC12OCCO2.Cc1ccc(-c2nc(-c3ccnc4ccccc34)nc3c2CC[C@@H]2[C@@H](C)C(=O)CC[C@@]32C)o1.Cc1ccc(-c2nc(-c3ccnc4ccccc34)nc3c2CC[C@@H]2[C@@H](C)C4(CC[C@@]32C)OCCO4)o1.Cc1ccc(-c2nc(-c3ccnc4ccccc34)nc3c2CC[C@@H]2[C@@H](C)c4oncc4C[C@@]32C)o1. The maximum Gasteiger partial charge on any atom is 0.171 e. The van der Waals surface area contributed by atoms with E-state index in [1.165, 1.54) is 22.3 Å². The number of nitrogens with zero attached hydrogens (tertiary/aromatic N) is 13. The van der Waals surface area contributed by atoms with E-state index in [2.05, 4.69) is 105 Å². The second-order valence-corrected chi connectivity index (χ2v) is 40.7. The van der Waals surface area contributed by atoms with Gasteiger partial charge in [-0.3, -0.25) is 24.7 Å². The van der Waals surface area contributed by atoms with Gasteiger partial charge in [0.1, 0.15) is 51.1 Å². The number of pyridine rings is 4. The molecular formula is C112H110ClN13O9. The molecule has 0 bridgehead atoms. The highest BCUT2D eigenvalue weighted by Crippen LogP contribution is 2.62. The number of aryl methyl sites for hydroxylation is 3. The van der Waals surface area contributed by atoms with Gasteiger partial charge in [0.15, 0.2) is 52.2 Å². The number of rotatable bonds is 7. The molecule has 14 heterocycles. The molecule has 10 aliphatic rings. The summed E-state index contributed by atoms with van der Waals surface area (Å²) >= 11 is 6.78. The van der Waals surface area contributed by atoms with Crippen molar-refractivity contribution in [1.82, 2.24) is 65.0 Å². The molecule has 684 valence electrons. The Kier molecular flexibility index (Phi) is 21.6. The first kappa shape index (κ1) is 86.8. The molecule has 3 saturated carbocycles. The van der Waals surface area contributed by atoms with Gasteiger partial charge in [-0.2, -0.15) is 0 Å². The molecule has 0 unspecified atom stereocenters. The molecule has 23 heteroatoms. The van der Waals surface area contributed by atoms with Crippen molar-refractivity contribution < 1.29 is 41.5 Å². The molecule has 5 fully saturated rings. The van der Waals surface area contributed by atoms with E-state index >= 15 is 0 Å². The van der Waals surface area contributed by atoms with Gasteiger partial charge in [0.2, 0.25) is 0 Å². The summed E-state index contributed by atoms with van der Waals surface area (Å²) in [5.41, 5.74) is 20.3. The predicted octanol–water partition coefficient (Wildman–Crippen LogP) is 24.1. The lowest BCUT2D eigenvalue weighted by Crippen LogP contribution is -2.55. The third-order valence-electron chi connectivity index (χ3n) is 33.1. The molecular weight excluding hydrogens is 1710 g/mol. The maximum atomic E-state index is 12.6. The Balaban J connectivity index is 0.000000102. The Morgan fingerprint density at radius 3 is 1.08 bits per heavy atom. The fourth-order valence-electron chi connectivity index (χ4n) is 26.1. The van der Waals surface area contributed by atoms with Crippen molar-refractivity contribution in [2.75, 3.05) is 26.4 Å².